The van der Waals surface area contributed by atoms with Crippen LogP contribution < -0.4 is 4.74 Å². The molecule has 4 rings (SSSR count). The standard InChI is InChI=1S/C19H17N3O5S/c23-19(27-16-8-6-14(7-9-16)18-21-20-13-26-18)15-4-3-5-17(12-15)28(24,25)22-10-1-2-11-22/h3-9,12-13H,1-2,10-11H2. The van der Waals surface area contributed by atoms with Gasteiger partial charge in [0.1, 0.15) is 5.75 Å². The van der Waals surface area contributed by atoms with Gasteiger partial charge in [-0.2, -0.15) is 4.31 Å². The van der Waals surface area contributed by atoms with Crippen molar-refractivity contribution in [1.82, 2.24) is 14.5 Å². The smallest absolute Gasteiger partial charge is 0.343 e. The fraction of sp³-hybridized carbons (Fsp3) is 0.211. The Hall–Kier alpha value is -3.04. The number of hydrogen-bond donors (Lipinski definition) is 0. The van der Waals surface area contributed by atoms with E-state index in [0.29, 0.717) is 30.3 Å². The number of aromatic nitrogens is 2. The minimum absolute atomic E-state index is 0.0931. The van der Waals surface area contributed by atoms with E-state index < -0.39 is 16.0 Å². The van der Waals surface area contributed by atoms with Crippen LogP contribution in [0.25, 0.3) is 11.5 Å². The van der Waals surface area contributed by atoms with Crippen molar-refractivity contribution in [3.05, 3.63) is 60.5 Å². The van der Waals surface area contributed by atoms with Crippen LogP contribution in [0.5, 0.6) is 5.75 Å². The van der Waals surface area contributed by atoms with Crippen LogP contribution >= 0.6 is 0 Å². The normalized spacial score (nSPS) is 14.9. The molecule has 0 atom stereocenters. The van der Waals surface area contributed by atoms with Crippen LogP contribution in [-0.2, 0) is 10.0 Å². The van der Waals surface area contributed by atoms with Gasteiger partial charge in [0.2, 0.25) is 22.3 Å². The van der Waals surface area contributed by atoms with Crippen molar-refractivity contribution in [3.63, 3.8) is 0 Å². The summed E-state index contributed by atoms with van der Waals surface area (Å²) in [5.41, 5.74) is 0.859. The molecule has 0 bridgehead atoms. The molecule has 0 aliphatic carbocycles. The zero-order valence-corrected chi connectivity index (χ0v) is 15.6. The van der Waals surface area contributed by atoms with E-state index in [4.69, 9.17) is 9.15 Å². The fourth-order valence-corrected chi connectivity index (χ4v) is 4.55. The van der Waals surface area contributed by atoms with Crippen LogP contribution in [0.4, 0.5) is 0 Å². The van der Waals surface area contributed by atoms with Crippen molar-refractivity contribution in [2.24, 2.45) is 0 Å². The SMILES string of the molecule is O=C(Oc1ccc(-c2nnco2)cc1)c1cccc(S(=O)(=O)N2CCCC2)c1. The Morgan fingerprint density at radius 3 is 2.50 bits per heavy atom. The molecule has 0 spiro atoms. The zero-order chi connectivity index (χ0) is 19.6. The van der Waals surface area contributed by atoms with Crippen LogP contribution in [0.15, 0.2) is 64.2 Å². The predicted molar refractivity (Wildman–Crippen MR) is 99.1 cm³/mol. The summed E-state index contributed by atoms with van der Waals surface area (Å²) in [6.07, 6.45) is 2.92. The number of rotatable bonds is 5. The second-order valence-corrected chi connectivity index (χ2v) is 8.23. The van der Waals surface area contributed by atoms with Gasteiger partial charge in [-0.3, -0.25) is 0 Å². The summed E-state index contributed by atoms with van der Waals surface area (Å²) in [4.78, 5) is 12.5. The number of ether oxygens (including phenoxy) is 1. The van der Waals surface area contributed by atoms with E-state index in [0.717, 1.165) is 12.8 Å². The maximum absolute atomic E-state index is 12.7. The Kier molecular flexibility index (Phi) is 4.93. The van der Waals surface area contributed by atoms with Gasteiger partial charge in [0.15, 0.2) is 0 Å². The predicted octanol–water partition coefficient (Wildman–Crippen LogP) is 2.74. The van der Waals surface area contributed by atoms with Crippen molar-refractivity contribution in [3.8, 4) is 17.2 Å². The van der Waals surface area contributed by atoms with Crippen LogP contribution in [0.3, 0.4) is 0 Å². The highest BCUT2D eigenvalue weighted by molar-refractivity contribution is 7.89. The van der Waals surface area contributed by atoms with E-state index >= 15 is 0 Å². The molecule has 1 aliphatic heterocycles. The van der Waals surface area contributed by atoms with Gasteiger partial charge in [-0.05, 0) is 55.3 Å². The lowest BCUT2D eigenvalue weighted by atomic mass is 10.2. The van der Waals surface area contributed by atoms with Crippen molar-refractivity contribution in [2.75, 3.05) is 13.1 Å². The van der Waals surface area contributed by atoms with Crippen molar-refractivity contribution >= 4 is 16.0 Å². The average molecular weight is 399 g/mol. The van der Waals surface area contributed by atoms with Crippen molar-refractivity contribution in [2.45, 2.75) is 17.7 Å². The van der Waals surface area contributed by atoms with Gasteiger partial charge in [-0.15, -0.1) is 10.2 Å². The van der Waals surface area contributed by atoms with Crippen molar-refractivity contribution in [1.29, 1.82) is 0 Å². The lowest BCUT2D eigenvalue weighted by molar-refractivity contribution is 0.0734. The molecule has 0 amide bonds. The minimum Gasteiger partial charge on any atom is -0.423 e. The number of esters is 1. The summed E-state index contributed by atoms with van der Waals surface area (Å²) in [7, 11) is -3.60. The minimum atomic E-state index is -3.60. The third kappa shape index (κ3) is 3.67. The van der Waals surface area contributed by atoms with Gasteiger partial charge in [-0.1, -0.05) is 6.07 Å². The molecular formula is C19H17N3O5S. The Morgan fingerprint density at radius 2 is 1.82 bits per heavy atom. The lowest BCUT2D eigenvalue weighted by Gasteiger charge is -2.15. The molecular weight excluding hydrogens is 382 g/mol. The molecule has 0 unspecified atom stereocenters. The Morgan fingerprint density at radius 1 is 1.07 bits per heavy atom. The van der Waals surface area contributed by atoms with E-state index in [1.807, 2.05) is 0 Å². The quantitative estimate of drug-likeness (QED) is 0.480. The summed E-state index contributed by atoms with van der Waals surface area (Å²) in [6.45, 7) is 1.01. The fourth-order valence-electron chi connectivity index (χ4n) is 2.99. The first kappa shape index (κ1) is 18.3. The average Bonchev–Trinajstić information content (AvgIpc) is 3.43. The van der Waals surface area contributed by atoms with Gasteiger partial charge < -0.3 is 9.15 Å². The van der Waals surface area contributed by atoms with E-state index in [-0.39, 0.29) is 10.5 Å². The first-order valence-corrected chi connectivity index (χ1v) is 10.2. The second-order valence-electron chi connectivity index (χ2n) is 6.30. The number of carbonyl (C=O) groups excluding carboxylic acids is 1. The highest BCUT2D eigenvalue weighted by Gasteiger charge is 2.27. The number of sulfonamides is 1. The molecule has 2 heterocycles. The zero-order valence-electron chi connectivity index (χ0n) is 14.8. The molecule has 9 heteroatoms. The summed E-state index contributed by atoms with van der Waals surface area (Å²) in [5.74, 6) is 0.0442. The molecule has 28 heavy (non-hydrogen) atoms. The topological polar surface area (TPSA) is 103 Å². The third-order valence-corrected chi connectivity index (χ3v) is 6.34. The Bertz CT molecular complexity index is 1070. The molecule has 2 aromatic carbocycles. The lowest BCUT2D eigenvalue weighted by Crippen LogP contribution is -2.28. The highest BCUT2D eigenvalue weighted by Crippen LogP contribution is 2.23. The molecule has 8 nitrogen and oxygen atoms in total. The molecule has 0 saturated carbocycles. The summed E-state index contributed by atoms with van der Waals surface area (Å²) < 4.78 is 37.2. The monoisotopic (exact) mass is 399 g/mol. The van der Waals surface area contributed by atoms with Gasteiger partial charge in [0.05, 0.1) is 10.5 Å². The number of benzene rings is 2. The second kappa shape index (κ2) is 7.53. The van der Waals surface area contributed by atoms with Gasteiger partial charge in [-0.25, -0.2) is 13.2 Å². The van der Waals surface area contributed by atoms with E-state index in [1.54, 1.807) is 24.3 Å². The molecule has 144 valence electrons. The third-order valence-electron chi connectivity index (χ3n) is 4.44. The Balaban J connectivity index is 1.51. The summed E-state index contributed by atoms with van der Waals surface area (Å²) >= 11 is 0. The molecule has 1 saturated heterocycles. The van der Waals surface area contributed by atoms with Gasteiger partial charge in [0, 0.05) is 18.7 Å². The van der Waals surface area contributed by atoms with Crippen molar-refractivity contribution < 1.29 is 22.4 Å². The summed E-state index contributed by atoms with van der Waals surface area (Å²) in [5, 5.41) is 7.42. The number of hydrogen-bond acceptors (Lipinski definition) is 7. The van der Waals surface area contributed by atoms with Gasteiger partial charge >= 0.3 is 5.97 Å². The van der Waals surface area contributed by atoms with Crippen LogP contribution in [0, 0.1) is 0 Å². The number of carbonyl (C=O) groups is 1. The van der Waals surface area contributed by atoms with Gasteiger partial charge in [0.25, 0.3) is 0 Å². The molecule has 1 fully saturated rings. The molecule has 3 aromatic rings. The van der Waals surface area contributed by atoms with E-state index in [1.165, 1.54) is 35.0 Å². The summed E-state index contributed by atoms with van der Waals surface area (Å²) in [6, 6.07) is 12.5. The molecule has 1 aliphatic rings. The van der Waals surface area contributed by atoms with E-state index in [9.17, 15) is 13.2 Å². The molecule has 1 aromatic heterocycles. The maximum Gasteiger partial charge on any atom is 0.343 e. The highest BCUT2D eigenvalue weighted by atomic mass is 32.2. The first-order chi connectivity index (χ1) is 13.5. The van der Waals surface area contributed by atoms with Crippen LogP contribution in [0.1, 0.15) is 23.2 Å². The largest absolute Gasteiger partial charge is 0.423 e. The maximum atomic E-state index is 12.7. The van der Waals surface area contributed by atoms with Crippen LogP contribution in [0.2, 0.25) is 0 Å². The first-order valence-electron chi connectivity index (χ1n) is 8.73. The molecule has 0 radical (unpaired) electrons. The Labute approximate surface area is 161 Å². The van der Waals surface area contributed by atoms with Crippen LogP contribution in [-0.4, -0.2) is 42.0 Å². The number of nitrogens with zero attached hydrogens (tertiary/aromatic N) is 3. The molecule has 0 N–H and O–H groups in total. The van der Waals surface area contributed by atoms with E-state index in [2.05, 4.69) is 10.2 Å².